The zero-order valence-corrected chi connectivity index (χ0v) is 8.11. The molecule has 0 saturated carbocycles. The molecule has 4 heteroatoms. The molecule has 0 aliphatic carbocycles. The molecule has 0 amide bonds. The summed E-state index contributed by atoms with van der Waals surface area (Å²) in [4.78, 5) is 11.0. The van der Waals surface area contributed by atoms with Crippen molar-refractivity contribution in [3.8, 4) is 17.2 Å². The molecule has 0 aliphatic rings. The summed E-state index contributed by atoms with van der Waals surface area (Å²) in [6.07, 6.45) is 0.261. The second-order valence-corrected chi connectivity index (χ2v) is 2.66. The number of phenols is 1. The number of ether oxygens (including phenoxy) is 2. The minimum atomic E-state index is -0.395. The van der Waals surface area contributed by atoms with Gasteiger partial charge in [0.15, 0.2) is 11.5 Å². The van der Waals surface area contributed by atoms with Crippen molar-refractivity contribution in [1.29, 1.82) is 0 Å². The molecule has 0 saturated heterocycles. The zero-order valence-electron chi connectivity index (χ0n) is 8.11. The maximum Gasteiger partial charge on any atom is 0.311 e. The number of rotatable bonds is 3. The van der Waals surface area contributed by atoms with E-state index in [2.05, 4.69) is 0 Å². The fourth-order valence-corrected chi connectivity index (χ4v) is 0.898. The fraction of sp³-hybridized carbons (Fsp3) is 0.300. The number of methoxy groups -OCH3 is 1. The van der Waals surface area contributed by atoms with E-state index in [1.54, 1.807) is 13.0 Å². The minimum absolute atomic E-state index is 0.0763. The van der Waals surface area contributed by atoms with Crippen molar-refractivity contribution >= 4 is 5.97 Å². The molecular weight excluding hydrogens is 184 g/mol. The molecule has 1 N–H and O–H groups in total. The molecule has 0 spiro atoms. The lowest BCUT2D eigenvalue weighted by Crippen LogP contribution is -2.05. The predicted octanol–water partition coefficient (Wildman–Crippen LogP) is 1.72. The van der Waals surface area contributed by atoms with Crippen LogP contribution in [-0.2, 0) is 4.79 Å². The van der Waals surface area contributed by atoms with Gasteiger partial charge in [-0.1, -0.05) is 6.92 Å². The Labute approximate surface area is 82.1 Å². The summed E-state index contributed by atoms with van der Waals surface area (Å²) < 4.78 is 9.79. The quantitative estimate of drug-likeness (QED) is 0.590. The third-order valence-electron chi connectivity index (χ3n) is 1.68. The predicted molar refractivity (Wildman–Crippen MR) is 50.6 cm³/mol. The number of benzene rings is 1. The van der Waals surface area contributed by atoms with Crippen molar-refractivity contribution < 1.29 is 19.4 Å². The number of esters is 1. The molecule has 1 rings (SSSR count). The van der Waals surface area contributed by atoms with E-state index >= 15 is 0 Å². The van der Waals surface area contributed by atoms with Gasteiger partial charge in [0.05, 0.1) is 7.11 Å². The van der Waals surface area contributed by atoms with Gasteiger partial charge in [-0.15, -0.1) is 0 Å². The van der Waals surface area contributed by atoms with Crippen molar-refractivity contribution in [2.75, 3.05) is 7.11 Å². The molecule has 0 bridgehead atoms. The lowest BCUT2D eigenvalue weighted by atomic mass is 10.3. The Balaban J connectivity index is 2.89. The van der Waals surface area contributed by atoms with Gasteiger partial charge in [0.25, 0.3) is 0 Å². The Morgan fingerprint density at radius 3 is 2.79 bits per heavy atom. The molecule has 0 aromatic heterocycles. The van der Waals surface area contributed by atoms with Gasteiger partial charge in [-0.25, -0.2) is 0 Å². The molecule has 1 aromatic rings. The summed E-state index contributed by atoms with van der Waals surface area (Å²) in [5.74, 6) is 0.180. The minimum Gasteiger partial charge on any atom is -0.504 e. The number of hydrogen-bond acceptors (Lipinski definition) is 4. The van der Waals surface area contributed by atoms with E-state index in [0.717, 1.165) is 0 Å². The number of carbonyl (C=O) groups excluding carboxylic acids is 1. The van der Waals surface area contributed by atoms with E-state index in [1.807, 2.05) is 0 Å². The third kappa shape index (κ3) is 2.39. The lowest BCUT2D eigenvalue weighted by molar-refractivity contribution is -0.134. The Morgan fingerprint density at radius 2 is 2.21 bits per heavy atom. The van der Waals surface area contributed by atoms with Gasteiger partial charge in [0, 0.05) is 12.5 Å². The van der Waals surface area contributed by atoms with E-state index in [1.165, 1.54) is 19.2 Å². The molecule has 14 heavy (non-hydrogen) atoms. The first-order valence-corrected chi connectivity index (χ1v) is 4.25. The van der Waals surface area contributed by atoms with E-state index in [-0.39, 0.29) is 17.9 Å². The zero-order chi connectivity index (χ0) is 10.6. The highest BCUT2D eigenvalue weighted by Crippen LogP contribution is 2.30. The van der Waals surface area contributed by atoms with Crippen molar-refractivity contribution in [2.24, 2.45) is 0 Å². The summed E-state index contributed by atoms with van der Waals surface area (Å²) in [6.45, 7) is 1.68. The van der Waals surface area contributed by atoms with E-state index in [9.17, 15) is 9.90 Å². The SMILES string of the molecule is CCC(=O)Oc1cc(OC)ccc1O. The van der Waals surface area contributed by atoms with Crippen LogP contribution in [0.25, 0.3) is 0 Å². The van der Waals surface area contributed by atoms with Gasteiger partial charge in [0.1, 0.15) is 5.75 Å². The van der Waals surface area contributed by atoms with Crippen LogP contribution in [0, 0.1) is 0 Å². The van der Waals surface area contributed by atoms with Gasteiger partial charge < -0.3 is 14.6 Å². The molecule has 0 unspecified atom stereocenters. The number of phenolic OH excluding ortho intramolecular Hbond substituents is 1. The summed E-state index contributed by atoms with van der Waals surface area (Å²) in [6, 6.07) is 4.46. The highest BCUT2D eigenvalue weighted by atomic mass is 16.5. The van der Waals surface area contributed by atoms with Crippen LogP contribution < -0.4 is 9.47 Å². The van der Waals surface area contributed by atoms with Crippen LogP contribution in [0.5, 0.6) is 17.2 Å². The Bertz CT molecular complexity index is 333. The first kappa shape index (κ1) is 10.4. The van der Waals surface area contributed by atoms with Gasteiger partial charge >= 0.3 is 5.97 Å². The van der Waals surface area contributed by atoms with Gasteiger partial charge in [0.2, 0.25) is 0 Å². The summed E-state index contributed by atoms with van der Waals surface area (Å²) in [5, 5.41) is 9.34. The standard InChI is InChI=1S/C10H12O4/c1-3-10(12)14-9-6-7(13-2)4-5-8(9)11/h4-6,11H,3H2,1-2H3. The maximum absolute atomic E-state index is 11.0. The van der Waals surface area contributed by atoms with E-state index in [4.69, 9.17) is 9.47 Å². The molecule has 0 atom stereocenters. The summed E-state index contributed by atoms with van der Waals surface area (Å²) in [5.41, 5.74) is 0. The molecule has 0 aliphatic heterocycles. The Hall–Kier alpha value is -1.71. The third-order valence-corrected chi connectivity index (χ3v) is 1.68. The van der Waals surface area contributed by atoms with Crippen LogP contribution in [0.4, 0.5) is 0 Å². The van der Waals surface area contributed by atoms with Gasteiger partial charge in [-0.3, -0.25) is 4.79 Å². The molecule has 0 fully saturated rings. The normalized spacial score (nSPS) is 9.57. The number of aromatic hydroxyl groups is 1. The van der Waals surface area contributed by atoms with Crippen LogP contribution in [0.15, 0.2) is 18.2 Å². The van der Waals surface area contributed by atoms with Crippen molar-refractivity contribution in [1.82, 2.24) is 0 Å². The first-order chi connectivity index (χ1) is 6.67. The van der Waals surface area contributed by atoms with Crippen LogP contribution in [-0.4, -0.2) is 18.2 Å². The average molecular weight is 196 g/mol. The molecule has 4 nitrogen and oxygen atoms in total. The summed E-state index contributed by atoms with van der Waals surface area (Å²) in [7, 11) is 1.50. The average Bonchev–Trinajstić information content (AvgIpc) is 2.21. The Kier molecular flexibility index (Phi) is 3.34. The highest BCUT2D eigenvalue weighted by Gasteiger charge is 2.08. The molecular formula is C10H12O4. The highest BCUT2D eigenvalue weighted by molar-refractivity contribution is 5.73. The van der Waals surface area contributed by atoms with Crippen LogP contribution >= 0.6 is 0 Å². The number of hydrogen-bond donors (Lipinski definition) is 1. The van der Waals surface area contributed by atoms with E-state index < -0.39 is 5.97 Å². The number of carbonyl (C=O) groups is 1. The molecule has 0 heterocycles. The fourth-order valence-electron chi connectivity index (χ4n) is 0.898. The van der Waals surface area contributed by atoms with Gasteiger partial charge in [-0.05, 0) is 12.1 Å². The van der Waals surface area contributed by atoms with Crippen molar-refractivity contribution in [3.63, 3.8) is 0 Å². The van der Waals surface area contributed by atoms with Gasteiger partial charge in [-0.2, -0.15) is 0 Å². The summed E-state index contributed by atoms with van der Waals surface area (Å²) >= 11 is 0. The smallest absolute Gasteiger partial charge is 0.311 e. The second-order valence-electron chi connectivity index (χ2n) is 2.66. The molecule has 76 valence electrons. The van der Waals surface area contributed by atoms with Crippen LogP contribution in [0.2, 0.25) is 0 Å². The van der Waals surface area contributed by atoms with Crippen molar-refractivity contribution in [3.05, 3.63) is 18.2 Å². The largest absolute Gasteiger partial charge is 0.504 e. The first-order valence-electron chi connectivity index (χ1n) is 4.25. The second kappa shape index (κ2) is 4.50. The molecule has 0 radical (unpaired) electrons. The monoisotopic (exact) mass is 196 g/mol. The van der Waals surface area contributed by atoms with Crippen molar-refractivity contribution in [2.45, 2.75) is 13.3 Å². The Morgan fingerprint density at radius 1 is 1.50 bits per heavy atom. The van der Waals surface area contributed by atoms with Crippen LogP contribution in [0.3, 0.4) is 0 Å². The van der Waals surface area contributed by atoms with E-state index in [0.29, 0.717) is 5.75 Å². The lowest BCUT2D eigenvalue weighted by Gasteiger charge is -2.06. The maximum atomic E-state index is 11.0. The van der Waals surface area contributed by atoms with Crippen LogP contribution in [0.1, 0.15) is 13.3 Å². The topological polar surface area (TPSA) is 55.8 Å². The molecule has 1 aromatic carbocycles.